The van der Waals surface area contributed by atoms with E-state index in [1.807, 2.05) is 84.9 Å². The number of carbonyl (C=O) groups is 1. The molecule has 0 spiro atoms. The van der Waals surface area contributed by atoms with Crippen molar-refractivity contribution in [2.75, 3.05) is 4.90 Å². The lowest BCUT2D eigenvalue weighted by Crippen LogP contribution is -2.27. The van der Waals surface area contributed by atoms with Crippen LogP contribution < -0.4 is 4.90 Å². The van der Waals surface area contributed by atoms with Gasteiger partial charge in [0.25, 0.3) is 5.91 Å². The minimum atomic E-state index is -0.129. The molecule has 0 bridgehead atoms. The standard InChI is InChI=1S/C21H15N3O/c25-21(16-9-3-1-4-10-16)24(17-11-5-2-6-12-17)20-18-13-7-8-14-19(18)22-15-23-20/h1-15H. The highest BCUT2D eigenvalue weighted by atomic mass is 16.2. The van der Waals surface area contributed by atoms with Gasteiger partial charge >= 0.3 is 0 Å². The van der Waals surface area contributed by atoms with Crippen LogP contribution >= 0.6 is 0 Å². The number of carbonyl (C=O) groups excluding carboxylic acids is 1. The number of hydrogen-bond acceptors (Lipinski definition) is 3. The number of aromatic nitrogens is 2. The highest BCUT2D eigenvalue weighted by molar-refractivity contribution is 6.13. The molecule has 0 fully saturated rings. The molecule has 1 aromatic heterocycles. The Hall–Kier alpha value is -3.53. The lowest BCUT2D eigenvalue weighted by atomic mass is 10.1. The maximum Gasteiger partial charge on any atom is 0.264 e. The zero-order chi connectivity index (χ0) is 17.1. The topological polar surface area (TPSA) is 46.1 Å². The van der Waals surface area contributed by atoms with Crippen molar-refractivity contribution in [3.8, 4) is 0 Å². The molecule has 0 aliphatic heterocycles. The molecule has 0 aliphatic carbocycles. The third kappa shape index (κ3) is 2.85. The van der Waals surface area contributed by atoms with Crippen molar-refractivity contribution in [1.82, 2.24) is 9.97 Å². The Balaban J connectivity index is 1.93. The summed E-state index contributed by atoms with van der Waals surface area (Å²) in [5, 5.41) is 0.832. The Kier molecular flexibility index (Phi) is 3.92. The third-order valence-corrected chi connectivity index (χ3v) is 3.97. The number of benzene rings is 3. The summed E-state index contributed by atoms with van der Waals surface area (Å²) < 4.78 is 0. The van der Waals surface area contributed by atoms with Gasteiger partial charge in [0.2, 0.25) is 0 Å². The van der Waals surface area contributed by atoms with Gasteiger partial charge in [-0.25, -0.2) is 9.97 Å². The summed E-state index contributed by atoms with van der Waals surface area (Å²) in [4.78, 5) is 23.6. The molecule has 120 valence electrons. The van der Waals surface area contributed by atoms with Crippen molar-refractivity contribution in [1.29, 1.82) is 0 Å². The zero-order valence-corrected chi connectivity index (χ0v) is 13.4. The fourth-order valence-corrected chi connectivity index (χ4v) is 2.79. The van der Waals surface area contributed by atoms with E-state index in [-0.39, 0.29) is 5.91 Å². The van der Waals surface area contributed by atoms with Crippen molar-refractivity contribution >= 4 is 28.3 Å². The summed E-state index contributed by atoms with van der Waals surface area (Å²) >= 11 is 0. The van der Waals surface area contributed by atoms with Gasteiger partial charge in [-0.15, -0.1) is 0 Å². The predicted molar refractivity (Wildman–Crippen MR) is 98.9 cm³/mol. The van der Waals surface area contributed by atoms with E-state index >= 15 is 0 Å². The molecular formula is C21H15N3O. The van der Waals surface area contributed by atoms with Crippen molar-refractivity contribution in [2.45, 2.75) is 0 Å². The van der Waals surface area contributed by atoms with E-state index in [1.54, 1.807) is 4.90 Å². The van der Waals surface area contributed by atoms with Crippen LogP contribution in [0.15, 0.2) is 91.3 Å². The molecule has 0 aliphatic rings. The summed E-state index contributed by atoms with van der Waals surface area (Å²) in [6.07, 6.45) is 1.49. The third-order valence-electron chi connectivity index (χ3n) is 3.97. The Morgan fingerprint density at radius 2 is 1.36 bits per heavy atom. The molecule has 4 aromatic rings. The van der Waals surface area contributed by atoms with Gasteiger partial charge in [0, 0.05) is 10.9 Å². The van der Waals surface area contributed by atoms with Crippen molar-refractivity contribution in [3.05, 3.63) is 96.8 Å². The molecule has 4 nitrogen and oxygen atoms in total. The van der Waals surface area contributed by atoms with Crippen LogP contribution in [0.5, 0.6) is 0 Å². The minimum absolute atomic E-state index is 0.129. The Morgan fingerprint density at radius 3 is 2.12 bits per heavy atom. The van der Waals surface area contributed by atoms with E-state index < -0.39 is 0 Å². The Labute approximate surface area is 145 Å². The molecule has 0 saturated heterocycles. The molecule has 25 heavy (non-hydrogen) atoms. The first kappa shape index (κ1) is 15.0. The second-order valence-electron chi connectivity index (χ2n) is 5.56. The van der Waals surface area contributed by atoms with Crippen LogP contribution in [-0.4, -0.2) is 15.9 Å². The first-order valence-electron chi connectivity index (χ1n) is 7.99. The molecule has 0 radical (unpaired) electrons. The number of fused-ring (bicyclic) bond motifs is 1. The molecule has 3 aromatic carbocycles. The quantitative estimate of drug-likeness (QED) is 0.552. The Bertz CT molecular complexity index is 1010. The number of anilines is 2. The minimum Gasteiger partial charge on any atom is -0.268 e. The lowest BCUT2D eigenvalue weighted by Gasteiger charge is -2.23. The summed E-state index contributed by atoms with van der Waals surface area (Å²) in [6, 6.07) is 26.4. The van der Waals surface area contributed by atoms with Gasteiger partial charge < -0.3 is 0 Å². The average Bonchev–Trinajstić information content (AvgIpc) is 2.70. The Morgan fingerprint density at radius 1 is 0.720 bits per heavy atom. The van der Waals surface area contributed by atoms with Gasteiger partial charge in [-0.2, -0.15) is 0 Å². The molecule has 1 heterocycles. The highest BCUT2D eigenvalue weighted by Gasteiger charge is 2.22. The maximum atomic E-state index is 13.3. The SMILES string of the molecule is O=C(c1ccccc1)N(c1ccccc1)c1ncnc2ccccc12. The van der Waals surface area contributed by atoms with Gasteiger partial charge in [-0.1, -0.05) is 48.5 Å². The largest absolute Gasteiger partial charge is 0.268 e. The van der Waals surface area contributed by atoms with Crippen LogP contribution in [0.1, 0.15) is 10.4 Å². The van der Waals surface area contributed by atoms with Crippen LogP contribution in [0.25, 0.3) is 10.9 Å². The van der Waals surface area contributed by atoms with Crippen LogP contribution in [0.3, 0.4) is 0 Å². The number of amides is 1. The normalized spacial score (nSPS) is 10.6. The van der Waals surface area contributed by atoms with E-state index in [0.717, 1.165) is 16.6 Å². The maximum absolute atomic E-state index is 13.3. The summed E-state index contributed by atoms with van der Waals surface area (Å²) in [5.74, 6) is 0.446. The van der Waals surface area contributed by atoms with Gasteiger partial charge in [-0.05, 0) is 36.4 Å². The van der Waals surface area contributed by atoms with Crippen LogP contribution in [-0.2, 0) is 0 Å². The van der Waals surface area contributed by atoms with E-state index in [9.17, 15) is 4.79 Å². The van der Waals surface area contributed by atoms with Crippen molar-refractivity contribution in [3.63, 3.8) is 0 Å². The first-order chi connectivity index (χ1) is 12.3. The fraction of sp³-hybridized carbons (Fsp3) is 0. The second kappa shape index (κ2) is 6.53. The number of rotatable bonds is 3. The summed E-state index contributed by atoms with van der Waals surface area (Å²) in [7, 11) is 0. The van der Waals surface area contributed by atoms with Gasteiger partial charge in [0.15, 0.2) is 5.82 Å². The molecule has 4 rings (SSSR count). The van der Waals surface area contributed by atoms with Crippen LogP contribution in [0.2, 0.25) is 0 Å². The average molecular weight is 325 g/mol. The first-order valence-corrected chi connectivity index (χ1v) is 7.99. The van der Waals surface area contributed by atoms with Crippen molar-refractivity contribution < 1.29 is 4.79 Å². The molecule has 0 saturated carbocycles. The molecule has 0 N–H and O–H groups in total. The molecule has 0 unspecified atom stereocenters. The predicted octanol–water partition coefficient (Wildman–Crippen LogP) is 4.61. The smallest absolute Gasteiger partial charge is 0.264 e. The fourth-order valence-electron chi connectivity index (χ4n) is 2.79. The van der Waals surface area contributed by atoms with Gasteiger partial charge in [0.1, 0.15) is 6.33 Å². The zero-order valence-electron chi connectivity index (χ0n) is 13.4. The van der Waals surface area contributed by atoms with Crippen LogP contribution in [0.4, 0.5) is 11.5 Å². The van der Waals surface area contributed by atoms with Crippen LogP contribution in [0, 0.1) is 0 Å². The van der Waals surface area contributed by atoms with E-state index in [0.29, 0.717) is 11.4 Å². The van der Waals surface area contributed by atoms with Crippen molar-refractivity contribution in [2.24, 2.45) is 0 Å². The van der Waals surface area contributed by atoms with Gasteiger partial charge in [0.05, 0.1) is 11.2 Å². The highest BCUT2D eigenvalue weighted by Crippen LogP contribution is 2.30. The molecule has 0 atom stereocenters. The van der Waals surface area contributed by atoms with Gasteiger partial charge in [-0.3, -0.25) is 9.69 Å². The van der Waals surface area contributed by atoms with E-state index in [2.05, 4.69) is 9.97 Å². The summed E-state index contributed by atoms with van der Waals surface area (Å²) in [6.45, 7) is 0. The lowest BCUT2D eigenvalue weighted by molar-refractivity contribution is 0.0999. The number of nitrogens with zero attached hydrogens (tertiary/aromatic N) is 3. The monoisotopic (exact) mass is 325 g/mol. The molecular weight excluding hydrogens is 310 g/mol. The number of para-hydroxylation sites is 2. The molecule has 4 heteroatoms. The summed E-state index contributed by atoms with van der Waals surface area (Å²) in [5.41, 5.74) is 2.17. The molecule has 1 amide bonds. The van der Waals surface area contributed by atoms with E-state index in [1.165, 1.54) is 6.33 Å². The number of hydrogen-bond donors (Lipinski definition) is 0. The van der Waals surface area contributed by atoms with E-state index in [4.69, 9.17) is 0 Å². The second-order valence-corrected chi connectivity index (χ2v) is 5.56.